The van der Waals surface area contributed by atoms with E-state index in [2.05, 4.69) is 5.32 Å². The third kappa shape index (κ3) is 4.10. The van der Waals surface area contributed by atoms with Crippen LogP contribution in [-0.2, 0) is 4.79 Å². The number of amides is 1. The Labute approximate surface area is 116 Å². The molecule has 2 aromatic carbocycles. The largest absolute Gasteiger partial charge is 0.325 e. The molecule has 1 amide bonds. The van der Waals surface area contributed by atoms with Crippen LogP contribution in [0.2, 0.25) is 0 Å². The summed E-state index contributed by atoms with van der Waals surface area (Å²) in [6.45, 7) is 1.99. The van der Waals surface area contributed by atoms with Crippen molar-refractivity contribution in [3.63, 3.8) is 0 Å². The molecule has 0 aliphatic carbocycles. The van der Waals surface area contributed by atoms with Crippen molar-refractivity contribution >= 4 is 23.4 Å². The lowest BCUT2D eigenvalue weighted by molar-refractivity contribution is -0.113. The van der Waals surface area contributed by atoms with Crippen molar-refractivity contribution in [3.8, 4) is 0 Å². The van der Waals surface area contributed by atoms with Crippen molar-refractivity contribution in [1.29, 1.82) is 0 Å². The molecule has 4 heteroatoms. The highest BCUT2D eigenvalue weighted by Gasteiger charge is 2.06. The summed E-state index contributed by atoms with van der Waals surface area (Å²) >= 11 is 1.19. The molecule has 98 valence electrons. The molecule has 0 saturated heterocycles. The number of thioether (sulfide) groups is 1. The molecular formula is C15H14FNOS. The molecule has 0 aliphatic heterocycles. The maximum atomic E-state index is 13.4. The molecule has 2 rings (SSSR count). The maximum Gasteiger partial charge on any atom is 0.234 e. The predicted octanol–water partition coefficient (Wildman–Crippen LogP) is 3.86. The number of nitrogens with one attached hydrogen (secondary N) is 1. The predicted molar refractivity (Wildman–Crippen MR) is 76.9 cm³/mol. The van der Waals surface area contributed by atoms with Crippen LogP contribution in [0.1, 0.15) is 5.56 Å². The van der Waals surface area contributed by atoms with Gasteiger partial charge in [-0.2, -0.15) is 0 Å². The normalized spacial score (nSPS) is 10.2. The van der Waals surface area contributed by atoms with E-state index in [1.807, 2.05) is 31.2 Å². The first-order valence-corrected chi connectivity index (χ1v) is 6.87. The average molecular weight is 275 g/mol. The summed E-state index contributed by atoms with van der Waals surface area (Å²) in [7, 11) is 0. The zero-order valence-corrected chi connectivity index (χ0v) is 11.3. The molecule has 0 aromatic heterocycles. The number of aryl methyl sites for hydroxylation is 1. The highest BCUT2D eigenvalue weighted by molar-refractivity contribution is 8.00. The van der Waals surface area contributed by atoms with Gasteiger partial charge in [-0.3, -0.25) is 4.79 Å². The first-order chi connectivity index (χ1) is 9.15. The summed E-state index contributed by atoms with van der Waals surface area (Å²) < 4.78 is 13.4. The van der Waals surface area contributed by atoms with Crippen LogP contribution in [-0.4, -0.2) is 11.7 Å². The molecule has 0 unspecified atom stereocenters. The van der Waals surface area contributed by atoms with Crippen molar-refractivity contribution < 1.29 is 9.18 Å². The summed E-state index contributed by atoms with van der Waals surface area (Å²) in [5, 5.41) is 2.78. The highest BCUT2D eigenvalue weighted by atomic mass is 32.2. The van der Waals surface area contributed by atoms with Crippen LogP contribution in [0.15, 0.2) is 53.4 Å². The summed E-state index contributed by atoms with van der Waals surface area (Å²) in [5.74, 6) is -0.248. The number of anilines is 1. The Morgan fingerprint density at radius 2 is 1.84 bits per heavy atom. The Morgan fingerprint density at radius 3 is 2.53 bits per heavy atom. The van der Waals surface area contributed by atoms with Crippen molar-refractivity contribution in [2.24, 2.45) is 0 Å². The zero-order chi connectivity index (χ0) is 13.7. The van der Waals surface area contributed by atoms with Gasteiger partial charge >= 0.3 is 0 Å². The third-order valence-electron chi connectivity index (χ3n) is 2.53. The van der Waals surface area contributed by atoms with Crippen molar-refractivity contribution in [3.05, 3.63) is 59.9 Å². The van der Waals surface area contributed by atoms with E-state index in [0.717, 1.165) is 11.3 Å². The van der Waals surface area contributed by atoms with Crippen molar-refractivity contribution in [1.82, 2.24) is 0 Å². The lowest BCUT2D eigenvalue weighted by Crippen LogP contribution is -2.14. The molecule has 0 bridgehead atoms. The second-order valence-corrected chi connectivity index (χ2v) is 5.15. The lowest BCUT2D eigenvalue weighted by atomic mass is 10.2. The average Bonchev–Trinajstić information content (AvgIpc) is 2.40. The number of rotatable bonds is 4. The summed E-state index contributed by atoms with van der Waals surface area (Å²) in [5.41, 5.74) is 1.89. The number of carbonyl (C=O) groups excluding carboxylic acids is 1. The smallest absolute Gasteiger partial charge is 0.234 e. The van der Waals surface area contributed by atoms with E-state index in [1.54, 1.807) is 18.2 Å². The molecule has 1 N–H and O–H groups in total. The van der Waals surface area contributed by atoms with Gasteiger partial charge < -0.3 is 5.32 Å². The Balaban J connectivity index is 1.88. The molecule has 0 aliphatic rings. The van der Waals surface area contributed by atoms with Crippen molar-refractivity contribution in [2.75, 3.05) is 11.1 Å². The van der Waals surface area contributed by atoms with E-state index in [0.29, 0.717) is 4.90 Å². The summed E-state index contributed by atoms with van der Waals surface area (Å²) in [6, 6.07) is 14.0. The second-order valence-electron chi connectivity index (χ2n) is 4.13. The first-order valence-electron chi connectivity index (χ1n) is 5.89. The molecule has 0 heterocycles. The number of benzene rings is 2. The van der Waals surface area contributed by atoms with Crippen LogP contribution in [0.4, 0.5) is 10.1 Å². The molecule has 0 fully saturated rings. The van der Waals surface area contributed by atoms with Crippen LogP contribution in [0, 0.1) is 12.7 Å². The number of hydrogen-bond donors (Lipinski definition) is 1. The van der Waals surface area contributed by atoms with Crippen LogP contribution in [0.5, 0.6) is 0 Å². The minimum Gasteiger partial charge on any atom is -0.325 e. The van der Waals surface area contributed by atoms with E-state index in [-0.39, 0.29) is 17.5 Å². The third-order valence-corrected chi connectivity index (χ3v) is 3.58. The molecule has 0 spiro atoms. The van der Waals surface area contributed by atoms with Gasteiger partial charge in [-0.25, -0.2) is 4.39 Å². The second kappa shape index (κ2) is 6.38. The van der Waals surface area contributed by atoms with Gasteiger partial charge in [-0.15, -0.1) is 11.8 Å². The summed E-state index contributed by atoms with van der Waals surface area (Å²) in [4.78, 5) is 12.2. The fourth-order valence-corrected chi connectivity index (χ4v) is 2.28. The Hall–Kier alpha value is -1.81. The SMILES string of the molecule is Cc1ccc(NC(=O)CSc2ccccc2F)cc1. The zero-order valence-electron chi connectivity index (χ0n) is 10.5. The number of carbonyl (C=O) groups is 1. The van der Waals surface area contributed by atoms with Gasteiger partial charge in [0, 0.05) is 10.6 Å². The molecule has 2 aromatic rings. The fourth-order valence-electron chi connectivity index (χ4n) is 1.54. The monoisotopic (exact) mass is 275 g/mol. The Morgan fingerprint density at radius 1 is 1.16 bits per heavy atom. The highest BCUT2D eigenvalue weighted by Crippen LogP contribution is 2.21. The molecule has 19 heavy (non-hydrogen) atoms. The number of hydrogen-bond acceptors (Lipinski definition) is 2. The van der Waals surface area contributed by atoms with Gasteiger partial charge in [0.25, 0.3) is 0 Å². The summed E-state index contributed by atoms with van der Waals surface area (Å²) in [6.07, 6.45) is 0. The first kappa shape index (κ1) is 13.6. The Bertz CT molecular complexity index is 569. The van der Waals surface area contributed by atoms with Gasteiger partial charge in [0.15, 0.2) is 0 Å². The van der Waals surface area contributed by atoms with Crippen LogP contribution >= 0.6 is 11.8 Å². The van der Waals surface area contributed by atoms with E-state index >= 15 is 0 Å². The van der Waals surface area contributed by atoms with Crippen LogP contribution in [0.25, 0.3) is 0 Å². The topological polar surface area (TPSA) is 29.1 Å². The molecule has 0 atom stereocenters. The Kier molecular flexibility index (Phi) is 4.58. The van der Waals surface area contributed by atoms with Crippen LogP contribution in [0.3, 0.4) is 0 Å². The molecular weight excluding hydrogens is 261 g/mol. The minimum atomic E-state index is -0.296. The van der Waals surface area contributed by atoms with E-state index in [4.69, 9.17) is 0 Å². The van der Waals surface area contributed by atoms with E-state index in [9.17, 15) is 9.18 Å². The van der Waals surface area contributed by atoms with Crippen LogP contribution < -0.4 is 5.32 Å². The molecule has 0 radical (unpaired) electrons. The van der Waals surface area contributed by atoms with Gasteiger partial charge in [0.05, 0.1) is 5.75 Å². The van der Waals surface area contributed by atoms with Gasteiger partial charge in [-0.05, 0) is 31.2 Å². The standard InChI is InChI=1S/C15H14FNOS/c1-11-6-8-12(9-7-11)17-15(18)10-19-14-5-3-2-4-13(14)16/h2-9H,10H2,1H3,(H,17,18). The maximum absolute atomic E-state index is 13.4. The lowest BCUT2D eigenvalue weighted by Gasteiger charge is -2.06. The number of halogens is 1. The quantitative estimate of drug-likeness (QED) is 0.858. The van der Waals surface area contributed by atoms with Crippen molar-refractivity contribution in [2.45, 2.75) is 11.8 Å². The van der Waals surface area contributed by atoms with E-state index in [1.165, 1.54) is 17.8 Å². The van der Waals surface area contributed by atoms with Gasteiger partial charge in [-0.1, -0.05) is 29.8 Å². The molecule has 2 nitrogen and oxygen atoms in total. The fraction of sp³-hybridized carbons (Fsp3) is 0.133. The van der Waals surface area contributed by atoms with Gasteiger partial charge in [0.2, 0.25) is 5.91 Å². The van der Waals surface area contributed by atoms with E-state index < -0.39 is 0 Å². The minimum absolute atomic E-state index is 0.142. The van der Waals surface area contributed by atoms with Gasteiger partial charge in [0.1, 0.15) is 5.82 Å². The molecule has 0 saturated carbocycles.